The molecule has 1 saturated heterocycles. The molecule has 7 nitrogen and oxygen atoms in total. The second kappa shape index (κ2) is 12.3. The maximum absolute atomic E-state index is 12.6. The molecule has 1 heterocycles. The van der Waals surface area contributed by atoms with Gasteiger partial charge in [0.25, 0.3) is 0 Å². The average Bonchev–Trinajstić information content (AvgIpc) is 3.29. The summed E-state index contributed by atoms with van der Waals surface area (Å²) in [4.78, 5) is 26.2. The quantitative estimate of drug-likeness (QED) is 0.356. The summed E-state index contributed by atoms with van der Waals surface area (Å²) >= 11 is 0. The first-order valence-electron chi connectivity index (χ1n) is 11.9. The lowest BCUT2D eigenvalue weighted by Gasteiger charge is -2.25. The van der Waals surface area contributed by atoms with Gasteiger partial charge in [-0.25, -0.2) is 4.79 Å². The normalized spacial score (nSPS) is 15.2. The lowest BCUT2D eigenvalue weighted by molar-refractivity contribution is -0.117. The molecule has 3 aromatic rings. The van der Waals surface area contributed by atoms with E-state index in [9.17, 15) is 9.59 Å². The molecular formula is C29H31NO6. The molecule has 0 bridgehead atoms. The Morgan fingerprint density at radius 3 is 2.19 bits per heavy atom. The summed E-state index contributed by atoms with van der Waals surface area (Å²) in [6.45, 7) is 1.77. The van der Waals surface area contributed by atoms with Gasteiger partial charge in [0.15, 0.2) is 0 Å². The van der Waals surface area contributed by atoms with E-state index in [1.807, 2.05) is 59.5 Å². The molecule has 0 radical (unpaired) electrons. The van der Waals surface area contributed by atoms with Crippen LogP contribution in [0.25, 0.3) is 0 Å². The van der Waals surface area contributed by atoms with Crippen molar-refractivity contribution < 1.29 is 28.5 Å². The molecule has 0 saturated carbocycles. The molecule has 0 N–H and O–H groups in total. The third-order valence-electron chi connectivity index (χ3n) is 6.16. The number of hydrogen-bond donors (Lipinski definition) is 0. The summed E-state index contributed by atoms with van der Waals surface area (Å²) in [5, 5.41) is 0. The first-order chi connectivity index (χ1) is 17.6. The molecule has 1 aliphatic heterocycles. The van der Waals surface area contributed by atoms with Gasteiger partial charge in [-0.1, -0.05) is 36.4 Å². The van der Waals surface area contributed by atoms with E-state index in [-0.39, 0.29) is 17.9 Å². The van der Waals surface area contributed by atoms with Crippen molar-refractivity contribution in [1.82, 2.24) is 0 Å². The van der Waals surface area contributed by atoms with Crippen LogP contribution in [-0.2, 0) is 38.8 Å². The minimum Gasteiger partial charge on any atom is -0.497 e. The van der Waals surface area contributed by atoms with Crippen LogP contribution in [0.5, 0.6) is 5.75 Å². The fourth-order valence-corrected chi connectivity index (χ4v) is 4.24. The molecule has 1 atom stereocenters. The van der Waals surface area contributed by atoms with Gasteiger partial charge in [-0.2, -0.15) is 0 Å². The lowest BCUT2D eigenvalue weighted by atomic mass is 10.1. The molecular weight excluding hydrogens is 458 g/mol. The highest BCUT2D eigenvalue weighted by atomic mass is 16.5. The van der Waals surface area contributed by atoms with Crippen molar-refractivity contribution in [2.24, 2.45) is 0 Å². The summed E-state index contributed by atoms with van der Waals surface area (Å²) in [6.07, 6.45) is 1.24. The van der Waals surface area contributed by atoms with Crippen molar-refractivity contribution in [1.29, 1.82) is 0 Å². The van der Waals surface area contributed by atoms with E-state index in [4.69, 9.17) is 18.9 Å². The van der Waals surface area contributed by atoms with E-state index in [1.165, 1.54) is 7.11 Å². The zero-order valence-electron chi connectivity index (χ0n) is 20.6. The monoisotopic (exact) mass is 489 g/mol. The molecule has 188 valence electrons. The number of carbonyl (C=O) groups is 2. The highest BCUT2D eigenvalue weighted by Gasteiger charge is 2.32. The molecule has 1 fully saturated rings. The first-order valence-corrected chi connectivity index (χ1v) is 11.9. The van der Waals surface area contributed by atoms with Crippen LogP contribution in [0.4, 0.5) is 5.69 Å². The third kappa shape index (κ3) is 6.50. The van der Waals surface area contributed by atoms with Gasteiger partial charge in [0.1, 0.15) is 5.75 Å². The molecule has 0 aromatic heterocycles. The molecule has 0 aliphatic carbocycles. The van der Waals surface area contributed by atoms with E-state index in [1.54, 1.807) is 25.3 Å². The summed E-state index contributed by atoms with van der Waals surface area (Å²) < 4.78 is 21.7. The summed E-state index contributed by atoms with van der Waals surface area (Å²) in [5.74, 6) is 0.543. The molecule has 0 unspecified atom stereocenters. The Bertz CT molecular complexity index is 1160. The van der Waals surface area contributed by atoms with Gasteiger partial charge in [-0.3, -0.25) is 4.79 Å². The van der Waals surface area contributed by atoms with Gasteiger partial charge in [-0.15, -0.1) is 0 Å². The standard InChI is InChI=1S/C29H31NO6/c1-33-27-13-8-22(9-14-27)18-35-17-21-6-10-25(11-7-21)30-26(12-15-28(30)31)20-36-19-23-4-3-5-24(16-23)29(32)34-2/h3-11,13-14,16,26H,12,15,17-20H2,1-2H3/t26-/m1/s1. The smallest absolute Gasteiger partial charge is 0.337 e. The van der Waals surface area contributed by atoms with Crippen molar-refractivity contribution in [2.75, 3.05) is 25.7 Å². The highest BCUT2D eigenvalue weighted by Crippen LogP contribution is 2.27. The van der Waals surface area contributed by atoms with Gasteiger partial charge in [0.2, 0.25) is 5.91 Å². The summed E-state index contributed by atoms with van der Waals surface area (Å²) in [6, 6.07) is 22.9. The third-order valence-corrected chi connectivity index (χ3v) is 6.16. The molecule has 4 rings (SSSR count). The SMILES string of the molecule is COC(=O)c1cccc(COC[C@H]2CCC(=O)N2c2ccc(COCc3ccc(OC)cc3)cc2)c1. The Kier molecular flexibility index (Phi) is 8.71. The van der Waals surface area contributed by atoms with Crippen LogP contribution in [-0.4, -0.2) is 38.7 Å². The maximum Gasteiger partial charge on any atom is 0.337 e. The number of esters is 1. The summed E-state index contributed by atoms with van der Waals surface area (Å²) in [5.41, 5.74) is 4.35. The fourth-order valence-electron chi connectivity index (χ4n) is 4.24. The number of methoxy groups -OCH3 is 2. The van der Waals surface area contributed by atoms with Crippen LogP contribution in [0.1, 0.15) is 39.9 Å². The lowest BCUT2D eigenvalue weighted by Crippen LogP contribution is -2.36. The van der Waals surface area contributed by atoms with Gasteiger partial charge >= 0.3 is 5.97 Å². The van der Waals surface area contributed by atoms with Crippen molar-refractivity contribution in [2.45, 2.75) is 38.7 Å². The highest BCUT2D eigenvalue weighted by molar-refractivity contribution is 5.96. The van der Waals surface area contributed by atoms with Crippen LogP contribution in [0, 0.1) is 0 Å². The molecule has 1 amide bonds. The van der Waals surface area contributed by atoms with Crippen LogP contribution >= 0.6 is 0 Å². The second-order valence-corrected chi connectivity index (χ2v) is 8.67. The van der Waals surface area contributed by atoms with Gasteiger partial charge in [-0.05, 0) is 59.5 Å². The van der Waals surface area contributed by atoms with Crippen LogP contribution in [0.15, 0.2) is 72.8 Å². The molecule has 7 heteroatoms. The summed E-state index contributed by atoms with van der Waals surface area (Å²) in [7, 11) is 3.01. The van der Waals surface area contributed by atoms with Gasteiger partial charge in [0.05, 0.1) is 52.3 Å². The Hall–Kier alpha value is -3.68. The Morgan fingerprint density at radius 1 is 0.861 bits per heavy atom. The number of carbonyl (C=O) groups excluding carboxylic acids is 2. The van der Waals surface area contributed by atoms with Crippen molar-refractivity contribution in [3.63, 3.8) is 0 Å². The van der Waals surface area contributed by atoms with Crippen molar-refractivity contribution in [3.8, 4) is 5.75 Å². The Balaban J connectivity index is 1.28. The number of benzene rings is 3. The second-order valence-electron chi connectivity index (χ2n) is 8.67. The van der Waals surface area contributed by atoms with E-state index in [0.717, 1.165) is 34.5 Å². The number of nitrogens with zero attached hydrogens (tertiary/aromatic N) is 1. The topological polar surface area (TPSA) is 74.3 Å². The minimum atomic E-state index is -0.376. The number of rotatable bonds is 11. The molecule has 0 spiro atoms. The maximum atomic E-state index is 12.6. The van der Waals surface area contributed by atoms with Gasteiger partial charge in [0, 0.05) is 12.1 Å². The van der Waals surface area contributed by atoms with Gasteiger partial charge < -0.3 is 23.8 Å². The van der Waals surface area contributed by atoms with E-state index >= 15 is 0 Å². The van der Waals surface area contributed by atoms with Crippen LogP contribution in [0.3, 0.4) is 0 Å². The van der Waals surface area contributed by atoms with E-state index in [2.05, 4.69) is 0 Å². The number of amides is 1. The fraction of sp³-hybridized carbons (Fsp3) is 0.310. The predicted octanol–water partition coefficient (Wildman–Crippen LogP) is 4.91. The zero-order chi connectivity index (χ0) is 25.3. The van der Waals surface area contributed by atoms with Crippen molar-refractivity contribution >= 4 is 17.6 Å². The molecule has 3 aromatic carbocycles. The zero-order valence-corrected chi connectivity index (χ0v) is 20.6. The molecule has 36 heavy (non-hydrogen) atoms. The van der Waals surface area contributed by atoms with Crippen LogP contribution < -0.4 is 9.64 Å². The largest absolute Gasteiger partial charge is 0.497 e. The Labute approximate surface area is 211 Å². The minimum absolute atomic E-state index is 0.0292. The van der Waals surface area contributed by atoms with Crippen LogP contribution in [0.2, 0.25) is 0 Å². The molecule has 1 aliphatic rings. The first kappa shape index (κ1) is 25.4. The number of hydrogen-bond acceptors (Lipinski definition) is 6. The number of ether oxygens (including phenoxy) is 4. The number of anilines is 1. The average molecular weight is 490 g/mol. The van der Waals surface area contributed by atoms with E-state index in [0.29, 0.717) is 38.4 Å². The Morgan fingerprint density at radius 2 is 1.53 bits per heavy atom. The predicted molar refractivity (Wildman–Crippen MR) is 136 cm³/mol. The van der Waals surface area contributed by atoms with E-state index < -0.39 is 0 Å². The van der Waals surface area contributed by atoms with Crippen molar-refractivity contribution in [3.05, 3.63) is 95.1 Å².